The molecule has 1 aliphatic rings. The van der Waals surface area contributed by atoms with Gasteiger partial charge in [-0.1, -0.05) is 26.0 Å². The number of nitrogens with one attached hydrogen (secondary N) is 1. The van der Waals surface area contributed by atoms with Gasteiger partial charge in [-0.15, -0.1) is 0 Å². The average Bonchev–Trinajstić information content (AvgIpc) is 2.95. The molecule has 0 radical (unpaired) electrons. The van der Waals surface area contributed by atoms with Gasteiger partial charge in [-0.2, -0.15) is 0 Å². The fourth-order valence-corrected chi connectivity index (χ4v) is 3.38. The second-order valence-corrected chi connectivity index (χ2v) is 6.09. The standard InChI is InChI=1S/C18H29FN2/c1-3-11-20-18(15-7-5-8-16(19)14-15)10-13-21-12-6-9-17(21)4-2/h5,7-8,14,17-18,20H,3-4,6,9-13H2,1-2H3. The minimum atomic E-state index is -0.136. The topological polar surface area (TPSA) is 15.3 Å². The molecule has 118 valence electrons. The van der Waals surface area contributed by atoms with Crippen LogP contribution in [0.15, 0.2) is 24.3 Å². The Labute approximate surface area is 128 Å². The van der Waals surface area contributed by atoms with Gasteiger partial charge in [0.05, 0.1) is 0 Å². The van der Waals surface area contributed by atoms with Gasteiger partial charge >= 0.3 is 0 Å². The fraction of sp³-hybridized carbons (Fsp3) is 0.667. The van der Waals surface area contributed by atoms with Crippen molar-refractivity contribution in [3.8, 4) is 0 Å². The second kappa shape index (κ2) is 8.50. The summed E-state index contributed by atoms with van der Waals surface area (Å²) in [5, 5.41) is 3.58. The van der Waals surface area contributed by atoms with E-state index in [0.717, 1.165) is 37.5 Å². The first-order valence-electron chi connectivity index (χ1n) is 8.47. The van der Waals surface area contributed by atoms with Crippen molar-refractivity contribution >= 4 is 0 Å². The van der Waals surface area contributed by atoms with Crippen LogP contribution in [0.1, 0.15) is 57.6 Å². The Balaban J connectivity index is 1.96. The SMILES string of the molecule is CCCNC(CCN1CCCC1CC)c1cccc(F)c1. The molecule has 21 heavy (non-hydrogen) atoms. The summed E-state index contributed by atoms with van der Waals surface area (Å²) in [6.45, 7) is 7.77. The summed E-state index contributed by atoms with van der Waals surface area (Å²) in [6.07, 6.45) is 6.06. The van der Waals surface area contributed by atoms with Gasteiger partial charge in [-0.3, -0.25) is 0 Å². The van der Waals surface area contributed by atoms with E-state index in [-0.39, 0.29) is 11.9 Å². The lowest BCUT2D eigenvalue weighted by Gasteiger charge is -2.26. The Morgan fingerprint density at radius 2 is 2.24 bits per heavy atom. The van der Waals surface area contributed by atoms with E-state index in [4.69, 9.17) is 0 Å². The molecule has 0 bridgehead atoms. The first kappa shape index (κ1) is 16.4. The van der Waals surface area contributed by atoms with Crippen molar-refractivity contribution in [1.29, 1.82) is 0 Å². The van der Waals surface area contributed by atoms with E-state index in [1.165, 1.54) is 31.9 Å². The number of rotatable bonds is 8. The van der Waals surface area contributed by atoms with Crippen LogP contribution in [0, 0.1) is 5.82 Å². The summed E-state index contributed by atoms with van der Waals surface area (Å²) in [5.41, 5.74) is 1.08. The van der Waals surface area contributed by atoms with E-state index in [1.807, 2.05) is 12.1 Å². The number of hydrogen-bond acceptors (Lipinski definition) is 2. The molecule has 1 saturated heterocycles. The van der Waals surface area contributed by atoms with Gasteiger partial charge in [0.1, 0.15) is 5.82 Å². The highest BCUT2D eigenvalue weighted by atomic mass is 19.1. The van der Waals surface area contributed by atoms with Gasteiger partial charge in [0, 0.05) is 18.6 Å². The smallest absolute Gasteiger partial charge is 0.123 e. The van der Waals surface area contributed by atoms with E-state index >= 15 is 0 Å². The van der Waals surface area contributed by atoms with Crippen molar-refractivity contribution in [2.75, 3.05) is 19.6 Å². The Morgan fingerprint density at radius 3 is 2.95 bits per heavy atom. The van der Waals surface area contributed by atoms with Gasteiger partial charge in [0.25, 0.3) is 0 Å². The van der Waals surface area contributed by atoms with Crippen molar-refractivity contribution in [1.82, 2.24) is 10.2 Å². The minimum absolute atomic E-state index is 0.136. The van der Waals surface area contributed by atoms with Crippen LogP contribution < -0.4 is 5.32 Å². The van der Waals surface area contributed by atoms with Crippen LogP contribution in [0.3, 0.4) is 0 Å². The molecule has 1 fully saturated rings. The highest BCUT2D eigenvalue weighted by molar-refractivity contribution is 5.20. The molecular formula is C18H29FN2. The minimum Gasteiger partial charge on any atom is -0.310 e. The number of hydrogen-bond donors (Lipinski definition) is 1. The van der Waals surface area contributed by atoms with Crippen LogP contribution in [0.4, 0.5) is 4.39 Å². The summed E-state index contributed by atoms with van der Waals surface area (Å²) in [6, 6.07) is 8.07. The van der Waals surface area contributed by atoms with Crippen molar-refractivity contribution in [2.45, 2.75) is 58.0 Å². The quantitative estimate of drug-likeness (QED) is 0.775. The molecule has 1 heterocycles. The molecular weight excluding hydrogens is 263 g/mol. The first-order valence-corrected chi connectivity index (χ1v) is 8.47. The Morgan fingerprint density at radius 1 is 1.38 bits per heavy atom. The third kappa shape index (κ3) is 4.79. The predicted molar refractivity (Wildman–Crippen MR) is 86.9 cm³/mol. The second-order valence-electron chi connectivity index (χ2n) is 6.09. The summed E-state index contributed by atoms with van der Waals surface area (Å²) >= 11 is 0. The first-order chi connectivity index (χ1) is 10.2. The van der Waals surface area contributed by atoms with E-state index in [2.05, 4.69) is 24.1 Å². The molecule has 0 saturated carbocycles. The lowest BCUT2D eigenvalue weighted by molar-refractivity contribution is 0.234. The molecule has 0 aliphatic carbocycles. The van der Waals surface area contributed by atoms with Crippen LogP contribution in [0.25, 0.3) is 0 Å². The molecule has 1 aliphatic heterocycles. The van der Waals surface area contributed by atoms with Gasteiger partial charge in [-0.25, -0.2) is 4.39 Å². The molecule has 2 rings (SSSR count). The number of likely N-dealkylation sites (tertiary alicyclic amines) is 1. The molecule has 3 heteroatoms. The summed E-state index contributed by atoms with van der Waals surface area (Å²) in [4.78, 5) is 2.61. The van der Waals surface area contributed by atoms with Crippen molar-refractivity contribution in [2.24, 2.45) is 0 Å². The number of benzene rings is 1. The zero-order chi connectivity index (χ0) is 15.1. The molecule has 0 spiro atoms. The largest absolute Gasteiger partial charge is 0.310 e. The molecule has 0 amide bonds. The maximum absolute atomic E-state index is 13.5. The zero-order valence-corrected chi connectivity index (χ0v) is 13.4. The maximum atomic E-state index is 13.5. The highest BCUT2D eigenvalue weighted by Crippen LogP contribution is 2.23. The molecule has 0 aromatic heterocycles. The van der Waals surface area contributed by atoms with E-state index in [9.17, 15) is 4.39 Å². The van der Waals surface area contributed by atoms with Gasteiger partial charge in [-0.05, 0) is 62.9 Å². The summed E-state index contributed by atoms with van der Waals surface area (Å²) < 4.78 is 13.5. The van der Waals surface area contributed by atoms with Gasteiger partial charge in [0.2, 0.25) is 0 Å². The number of nitrogens with zero attached hydrogens (tertiary/aromatic N) is 1. The van der Waals surface area contributed by atoms with Gasteiger partial charge < -0.3 is 10.2 Å². The monoisotopic (exact) mass is 292 g/mol. The molecule has 1 aromatic carbocycles. The maximum Gasteiger partial charge on any atom is 0.123 e. The lowest BCUT2D eigenvalue weighted by Crippen LogP contribution is -2.33. The van der Waals surface area contributed by atoms with E-state index in [0.29, 0.717) is 0 Å². The normalized spacial score (nSPS) is 20.8. The average molecular weight is 292 g/mol. The molecule has 1 aromatic rings. The van der Waals surface area contributed by atoms with Crippen LogP contribution in [0.2, 0.25) is 0 Å². The van der Waals surface area contributed by atoms with Crippen LogP contribution in [0.5, 0.6) is 0 Å². The fourth-order valence-electron chi connectivity index (χ4n) is 3.38. The highest BCUT2D eigenvalue weighted by Gasteiger charge is 2.23. The summed E-state index contributed by atoms with van der Waals surface area (Å²) in [5.74, 6) is -0.136. The number of halogens is 1. The Hall–Kier alpha value is -0.930. The molecule has 1 N–H and O–H groups in total. The van der Waals surface area contributed by atoms with Gasteiger partial charge in [0.15, 0.2) is 0 Å². The predicted octanol–water partition coefficient (Wildman–Crippen LogP) is 4.13. The molecule has 2 atom stereocenters. The lowest BCUT2D eigenvalue weighted by atomic mass is 10.0. The third-order valence-corrected chi connectivity index (χ3v) is 4.57. The van der Waals surface area contributed by atoms with Crippen molar-refractivity contribution in [3.05, 3.63) is 35.6 Å². The van der Waals surface area contributed by atoms with Crippen molar-refractivity contribution in [3.63, 3.8) is 0 Å². The van der Waals surface area contributed by atoms with Crippen LogP contribution in [-0.2, 0) is 0 Å². The summed E-state index contributed by atoms with van der Waals surface area (Å²) in [7, 11) is 0. The Bertz CT molecular complexity index is 421. The van der Waals surface area contributed by atoms with Crippen LogP contribution in [-0.4, -0.2) is 30.6 Å². The molecule has 2 nitrogen and oxygen atoms in total. The Kier molecular flexibility index (Phi) is 6.65. The van der Waals surface area contributed by atoms with Crippen LogP contribution >= 0.6 is 0 Å². The molecule has 2 unspecified atom stereocenters. The van der Waals surface area contributed by atoms with E-state index < -0.39 is 0 Å². The third-order valence-electron chi connectivity index (χ3n) is 4.57. The van der Waals surface area contributed by atoms with E-state index in [1.54, 1.807) is 6.07 Å². The zero-order valence-electron chi connectivity index (χ0n) is 13.4. The van der Waals surface area contributed by atoms with Crippen molar-refractivity contribution < 1.29 is 4.39 Å².